The van der Waals surface area contributed by atoms with Gasteiger partial charge in [0.15, 0.2) is 0 Å². The van der Waals surface area contributed by atoms with Gasteiger partial charge in [-0.15, -0.1) is 0 Å². The molecular weight excluding hydrogens is 158 g/mol. The Balaban J connectivity index is 2.19. The predicted molar refractivity (Wildman–Crippen MR) is 45.4 cm³/mol. The molecule has 0 radical (unpaired) electrons. The van der Waals surface area contributed by atoms with E-state index >= 15 is 0 Å². The van der Waals surface area contributed by atoms with E-state index in [0.717, 1.165) is 5.75 Å². The Kier molecular flexibility index (Phi) is 3.58. The summed E-state index contributed by atoms with van der Waals surface area (Å²) >= 11 is 0. The summed E-state index contributed by atoms with van der Waals surface area (Å²) in [6, 6.07) is 1.94. The average molecular weight is 171 g/mol. The van der Waals surface area contributed by atoms with Crippen LogP contribution in [0, 0.1) is 17.2 Å². The lowest BCUT2D eigenvalue weighted by Gasteiger charge is -2.04. The maximum atomic E-state index is 11.1. The molecule has 0 aromatic heterocycles. The number of nitrogens with zero attached hydrogens (tertiary/aromatic N) is 1. The maximum Gasteiger partial charge on any atom is 0.111 e. The van der Waals surface area contributed by atoms with Crippen molar-refractivity contribution in [2.24, 2.45) is 5.92 Å². The zero-order chi connectivity index (χ0) is 8.10. The van der Waals surface area contributed by atoms with Gasteiger partial charge in [-0.05, 0) is 18.8 Å². The van der Waals surface area contributed by atoms with Crippen LogP contribution in [0.25, 0.3) is 0 Å². The minimum atomic E-state index is -0.871. The van der Waals surface area contributed by atoms with Gasteiger partial charge in [0.2, 0.25) is 0 Å². The van der Waals surface area contributed by atoms with Crippen molar-refractivity contribution in [1.29, 1.82) is 5.26 Å². The summed E-state index contributed by atoms with van der Waals surface area (Å²) in [6.45, 7) is 0. The summed E-state index contributed by atoms with van der Waals surface area (Å²) in [6.07, 6.45) is 5.01. The number of hydrogen-bond donors (Lipinski definition) is 0. The highest BCUT2D eigenvalue weighted by Crippen LogP contribution is 2.25. The molecule has 0 bridgehead atoms. The van der Waals surface area contributed by atoms with Gasteiger partial charge in [-0.2, -0.15) is 5.26 Å². The van der Waals surface area contributed by atoms with Crippen molar-refractivity contribution < 1.29 is 4.21 Å². The van der Waals surface area contributed by atoms with Gasteiger partial charge in [-0.1, -0.05) is 12.8 Å². The van der Waals surface area contributed by atoms with Gasteiger partial charge in [0.05, 0.1) is 6.07 Å². The predicted octanol–water partition coefficient (Wildman–Crippen LogP) is 1.45. The molecule has 0 heterocycles. The van der Waals surface area contributed by atoms with Crippen LogP contribution in [0.4, 0.5) is 0 Å². The molecule has 1 saturated carbocycles. The van der Waals surface area contributed by atoms with Crippen LogP contribution in [0.2, 0.25) is 0 Å². The van der Waals surface area contributed by atoms with Crippen molar-refractivity contribution in [3.05, 3.63) is 0 Å². The second-order valence-corrected chi connectivity index (χ2v) is 4.56. The van der Waals surface area contributed by atoms with E-state index in [-0.39, 0.29) is 5.75 Å². The lowest BCUT2D eigenvalue weighted by atomic mass is 10.1. The lowest BCUT2D eigenvalue weighted by molar-refractivity contribution is 0.605. The summed E-state index contributed by atoms with van der Waals surface area (Å²) in [4.78, 5) is 0. The lowest BCUT2D eigenvalue weighted by Crippen LogP contribution is -2.09. The SMILES string of the molecule is N#CCS(=O)CC1CCCC1. The first kappa shape index (κ1) is 8.73. The molecule has 1 rings (SSSR count). The molecule has 0 aromatic carbocycles. The van der Waals surface area contributed by atoms with E-state index in [9.17, 15) is 4.21 Å². The Hall–Kier alpha value is -0.360. The average Bonchev–Trinajstić information content (AvgIpc) is 2.40. The standard InChI is InChI=1S/C8H13NOS/c9-5-6-11(10)7-8-3-1-2-4-8/h8H,1-4,6-7H2. The monoisotopic (exact) mass is 171 g/mol. The van der Waals surface area contributed by atoms with E-state index in [1.807, 2.05) is 6.07 Å². The quantitative estimate of drug-likeness (QED) is 0.645. The highest BCUT2D eigenvalue weighted by atomic mass is 32.2. The minimum absolute atomic E-state index is 0.219. The van der Waals surface area contributed by atoms with Crippen LogP contribution in [-0.4, -0.2) is 15.7 Å². The number of rotatable bonds is 3. The molecule has 62 valence electrons. The van der Waals surface area contributed by atoms with Gasteiger partial charge < -0.3 is 0 Å². The van der Waals surface area contributed by atoms with Crippen LogP contribution < -0.4 is 0 Å². The number of hydrogen-bond acceptors (Lipinski definition) is 2. The first-order valence-corrected chi connectivity index (χ1v) is 5.53. The van der Waals surface area contributed by atoms with Crippen molar-refractivity contribution in [3.8, 4) is 6.07 Å². The molecule has 1 fully saturated rings. The van der Waals surface area contributed by atoms with E-state index in [4.69, 9.17) is 5.26 Å². The topological polar surface area (TPSA) is 40.9 Å². The molecular formula is C8H13NOS. The van der Waals surface area contributed by atoms with Gasteiger partial charge in [-0.25, -0.2) is 0 Å². The van der Waals surface area contributed by atoms with E-state index < -0.39 is 10.8 Å². The number of nitriles is 1. The Morgan fingerprint density at radius 1 is 1.45 bits per heavy atom. The molecule has 0 spiro atoms. The zero-order valence-corrected chi connectivity index (χ0v) is 7.40. The fourth-order valence-electron chi connectivity index (χ4n) is 1.57. The van der Waals surface area contributed by atoms with Gasteiger partial charge in [0.1, 0.15) is 5.75 Å². The minimum Gasteiger partial charge on any atom is -0.259 e. The van der Waals surface area contributed by atoms with Gasteiger partial charge in [0, 0.05) is 16.6 Å². The van der Waals surface area contributed by atoms with E-state index in [1.54, 1.807) is 0 Å². The third kappa shape index (κ3) is 3.02. The summed E-state index contributed by atoms with van der Waals surface area (Å²) in [7, 11) is -0.871. The Morgan fingerprint density at radius 3 is 2.64 bits per heavy atom. The molecule has 1 unspecified atom stereocenters. The Morgan fingerprint density at radius 2 is 2.09 bits per heavy atom. The van der Waals surface area contributed by atoms with E-state index in [0.29, 0.717) is 5.92 Å². The molecule has 1 aliphatic rings. The van der Waals surface area contributed by atoms with Gasteiger partial charge in [-0.3, -0.25) is 4.21 Å². The van der Waals surface area contributed by atoms with Crippen molar-refractivity contribution in [2.45, 2.75) is 25.7 Å². The summed E-state index contributed by atoms with van der Waals surface area (Å²) in [5.41, 5.74) is 0. The van der Waals surface area contributed by atoms with Crippen LogP contribution in [0.1, 0.15) is 25.7 Å². The van der Waals surface area contributed by atoms with Crippen molar-refractivity contribution in [3.63, 3.8) is 0 Å². The highest BCUT2D eigenvalue weighted by molar-refractivity contribution is 7.85. The fraction of sp³-hybridized carbons (Fsp3) is 0.875. The second-order valence-electron chi connectivity index (χ2n) is 3.06. The third-order valence-corrected chi connectivity index (χ3v) is 3.42. The van der Waals surface area contributed by atoms with E-state index in [1.165, 1.54) is 25.7 Å². The largest absolute Gasteiger partial charge is 0.259 e. The third-order valence-electron chi connectivity index (χ3n) is 2.12. The van der Waals surface area contributed by atoms with Crippen LogP contribution in [-0.2, 0) is 10.8 Å². The van der Waals surface area contributed by atoms with Crippen molar-refractivity contribution in [2.75, 3.05) is 11.5 Å². The molecule has 0 amide bonds. The van der Waals surface area contributed by atoms with Crippen LogP contribution in [0.15, 0.2) is 0 Å². The first-order valence-electron chi connectivity index (χ1n) is 4.05. The molecule has 0 aliphatic heterocycles. The zero-order valence-electron chi connectivity index (χ0n) is 6.58. The second kappa shape index (κ2) is 4.50. The molecule has 1 aliphatic carbocycles. The molecule has 2 nitrogen and oxygen atoms in total. The first-order chi connectivity index (χ1) is 5.33. The summed E-state index contributed by atoms with van der Waals surface area (Å²) < 4.78 is 11.1. The van der Waals surface area contributed by atoms with Crippen molar-refractivity contribution in [1.82, 2.24) is 0 Å². The Bertz CT molecular complexity index is 179. The van der Waals surface area contributed by atoms with Gasteiger partial charge >= 0.3 is 0 Å². The summed E-state index contributed by atoms with van der Waals surface area (Å²) in [5.74, 6) is 1.62. The van der Waals surface area contributed by atoms with Gasteiger partial charge in [0.25, 0.3) is 0 Å². The smallest absolute Gasteiger partial charge is 0.111 e. The van der Waals surface area contributed by atoms with Crippen LogP contribution in [0.5, 0.6) is 0 Å². The Labute approximate surface area is 70.1 Å². The highest BCUT2D eigenvalue weighted by Gasteiger charge is 2.17. The summed E-state index contributed by atoms with van der Waals surface area (Å²) in [5, 5.41) is 8.27. The molecule has 1 atom stereocenters. The molecule has 11 heavy (non-hydrogen) atoms. The van der Waals surface area contributed by atoms with E-state index in [2.05, 4.69) is 0 Å². The molecule has 0 aromatic rings. The normalized spacial score (nSPS) is 21.4. The fourth-order valence-corrected chi connectivity index (χ4v) is 2.69. The molecule has 3 heteroatoms. The van der Waals surface area contributed by atoms with Crippen LogP contribution in [0.3, 0.4) is 0 Å². The molecule has 0 saturated heterocycles. The van der Waals surface area contributed by atoms with Crippen molar-refractivity contribution >= 4 is 10.8 Å². The van der Waals surface area contributed by atoms with Crippen LogP contribution >= 0.6 is 0 Å². The molecule has 0 N–H and O–H groups in total. The maximum absolute atomic E-state index is 11.1.